The average Bonchev–Trinajstić information content (AvgIpc) is 2.94. The zero-order valence-electron chi connectivity index (χ0n) is 12.2. The van der Waals surface area contributed by atoms with Crippen molar-refractivity contribution >= 4 is 11.6 Å². The topological polar surface area (TPSA) is 75.9 Å². The summed E-state index contributed by atoms with van der Waals surface area (Å²) in [6.45, 7) is 6.55. The van der Waals surface area contributed by atoms with E-state index >= 15 is 0 Å². The molecule has 1 aliphatic rings. The number of nitrogens with zero attached hydrogens (tertiary/aromatic N) is 5. The molecule has 3 heterocycles. The van der Waals surface area contributed by atoms with Gasteiger partial charge in [-0.25, -0.2) is 0 Å². The molecular weight excluding hydrogens is 268 g/mol. The fourth-order valence-electron chi connectivity index (χ4n) is 2.48. The summed E-state index contributed by atoms with van der Waals surface area (Å²) in [5, 5.41) is 11.2. The van der Waals surface area contributed by atoms with Crippen LogP contribution in [0, 0.1) is 6.92 Å². The Morgan fingerprint density at radius 3 is 3.10 bits per heavy atom. The van der Waals surface area contributed by atoms with Gasteiger partial charge in [-0.05, 0) is 19.9 Å². The Bertz CT molecular complexity index is 665. The number of fused-ring (bicyclic) bond motifs is 1. The van der Waals surface area contributed by atoms with Gasteiger partial charge in [-0.15, -0.1) is 10.2 Å². The first-order chi connectivity index (χ1) is 10.2. The summed E-state index contributed by atoms with van der Waals surface area (Å²) in [4.78, 5) is 18.8. The second-order valence-electron chi connectivity index (χ2n) is 5.07. The Kier molecular flexibility index (Phi) is 3.55. The Balaban J connectivity index is 1.86. The van der Waals surface area contributed by atoms with Crippen molar-refractivity contribution in [3.63, 3.8) is 0 Å². The predicted octanol–water partition coefficient (Wildman–Crippen LogP) is 1.07. The van der Waals surface area contributed by atoms with Crippen molar-refractivity contribution in [2.24, 2.45) is 0 Å². The molecule has 1 N–H and O–H groups in total. The van der Waals surface area contributed by atoms with Crippen LogP contribution < -0.4 is 5.32 Å². The molecule has 0 aliphatic carbocycles. The third kappa shape index (κ3) is 2.58. The highest BCUT2D eigenvalue weighted by molar-refractivity contribution is 5.99. The van der Waals surface area contributed by atoms with E-state index in [4.69, 9.17) is 0 Å². The second kappa shape index (κ2) is 5.51. The molecule has 0 aromatic carbocycles. The zero-order valence-corrected chi connectivity index (χ0v) is 12.2. The molecule has 0 spiro atoms. The minimum absolute atomic E-state index is 0.0206. The first-order valence-corrected chi connectivity index (χ1v) is 7.05. The van der Waals surface area contributed by atoms with Gasteiger partial charge in [-0.3, -0.25) is 9.78 Å². The predicted molar refractivity (Wildman–Crippen MR) is 77.9 cm³/mol. The third-order valence-electron chi connectivity index (χ3n) is 3.56. The Hall–Kier alpha value is -2.44. The molecule has 0 fully saturated rings. The van der Waals surface area contributed by atoms with Crippen LogP contribution in [0.15, 0.2) is 18.6 Å². The highest BCUT2D eigenvalue weighted by Crippen LogP contribution is 2.20. The van der Waals surface area contributed by atoms with E-state index < -0.39 is 0 Å². The molecule has 1 amide bonds. The third-order valence-corrected chi connectivity index (χ3v) is 3.56. The average molecular weight is 286 g/mol. The monoisotopic (exact) mass is 286 g/mol. The summed E-state index contributed by atoms with van der Waals surface area (Å²) in [5.41, 5.74) is 2.33. The molecule has 110 valence electrons. The second-order valence-corrected chi connectivity index (χ2v) is 5.07. The number of hydrogen-bond donors (Lipinski definition) is 1. The molecule has 0 bridgehead atoms. The maximum Gasteiger partial charge on any atom is 0.257 e. The molecule has 0 saturated carbocycles. The van der Waals surface area contributed by atoms with Crippen LogP contribution in [0.4, 0.5) is 5.69 Å². The number of anilines is 1. The summed E-state index contributed by atoms with van der Waals surface area (Å²) in [6.07, 6.45) is 3.35. The van der Waals surface area contributed by atoms with Crippen molar-refractivity contribution in [2.75, 3.05) is 18.4 Å². The molecule has 0 saturated heterocycles. The van der Waals surface area contributed by atoms with E-state index in [0.717, 1.165) is 30.3 Å². The summed E-state index contributed by atoms with van der Waals surface area (Å²) >= 11 is 0. The van der Waals surface area contributed by atoms with Crippen molar-refractivity contribution in [1.29, 1.82) is 0 Å². The first-order valence-electron chi connectivity index (χ1n) is 7.05. The van der Waals surface area contributed by atoms with Crippen molar-refractivity contribution < 1.29 is 4.79 Å². The molecular formula is C14H18N6O. The Labute approximate surface area is 123 Å². The number of carbonyl (C=O) groups excluding carboxylic acids is 1. The van der Waals surface area contributed by atoms with Gasteiger partial charge in [0.2, 0.25) is 0 Å². The van der Waals surface area contributed by atoms with E-state index in [1.807, 2.05) is 24.5 Å². The van der Waals surface area contributed by atoms with E-state index in [1.54, 1.807) is 17.4 Å². The molecule has 7 nitrogen and oxygen atoms in total. The van der Waals surface area contributed by atoms with E-state index in [1.165, 1.54) is 0 Å². The Morgan fingerprint density at radius 2 is 2.29 bits per heavy atom. The van der Waals surface area contributed by atoms with Gasteiger partial charge in [0.05, 0.1) is 17.8 Å². The number of amides is 1. The van der Waals surface area contributed by atoms with Crippen LogP contribution in [0.25, 0.3) is 0 Å². The minimum atomic E-state index is -0.0206. The van der Waals surface area contributed by atoms with E-state index in [2.05, 4.69) is 20.5 Å². The lowest BCUT2D eigenvalue weighted by molar-refractivity contribution is 0.0708. The van der Waals surface area contributed by atoms with Gasteiger partial charge in [0.15, 0.2) is 5.82 Å². The smallest absolute Gasteiger partial charge is 0.257 e. The van der Waals surface area contributed by atoms with Gasteiger partial charge >= 0.3 is 0 Å². The molecule has 2 aromatic heterocycles. The lowest BCUT2D eigenvalue weighted by atomic mass is 10.1. The highest BCUT2D eigenvalue weighted by atomic mass is 16.2. The van der Waals surface area contributed by atoms with Crippen LogP contribution in [0.3, 0.4) is 0 Å². The molecule has 3 rings (SSSR count). The van der Waals surface area contributed by atoms with Gasteiger partial charge in [0.25, 0.3) is 5.91 Å². The maximum atomic E-state index is 12.7. The van der Waals surface area contributed by atoms with Gasteiger partial charge in [-0.2, -0.15) is 0 Å². The van der Waals surface area contributed by atoms with Crippen LogP contribution in [-0.2, 0) is 13.1 Å². The number of aromatic nitrogens is 4. The summed E-state index contributed by atoms with van der Waals surface area (Å²) < 4.78 is 1.97. The van der Waals surface area contributed by atoms with Crippen molar-refractivity contribution in [3.05, 3.63) is 35.7 Å². The summed E-state index contributed by atoms with van der Waals surface area (Å²) in [7, 11) is 0. The fourth-order valence-corrected chi connectivity index (χ4v) is 2.48. The Morgan fingerprint density at radius 1 is 1.43 bits per heavy atom. The van der Waals surface area contributed by atoms with E-state index in [0.29, 0.717) is 18.7 Å². The molecule has 0 atom stereocenters. The number of rotatable bonds is 3. The number of hydrogen-bond acceptors (Lipinski definition) is 5. The normalized spacial score (nSPS) is 13.9. The van der Waals surface area contributed by atoms with Crippen molar-refractivity contribution in [1.82, 2.24) is 24.6 Å². The number of carbonyl (C=O) groups is 1. The van der Waals surface area contributed by atoms with Gasteiger partial charge < -0.3 is 14.8 Å². The molecule has 21 heavy (non-hydrogen) atoms. The van der Waals surface area contributed by atoms with Crippen molar-refractivity contribution in [2.45, 2.75) is 26.9 Å². The van der Waals surface area contributed by atoms with Gasteiger partial charge in [0, 0.05) is 31.5 Å². The van der Waals surface area contributed by atoms with Gasteiger partial charge in [-0.1, -0.05) is 0 Å². The lowest BCUT2D eigenvalue weighted by Gasteiger charge is -2.27. The largest absolute Gasteiger partial charge is 0.385 e. The van der Waals surface area contributed by atoms with Crippen LogP contribution >= 0.6 is 0 Å². The maximum absolute atomic E-state index is 12.7. The van der Waals surface area contributed by atoms with E-state index in [-0.39, 0.29) is 5.91 Å². The quantitative estimate of drug-likeness (QED) is 0.913. The van der Waals surface area contributed by atoms with Gasteiger partial charge in [0.1, 0.15) is 6.33 Å². The SMILES string of the molecule is CCNc1cc(C)ncc1C(=O)N1CCn2cnnc2C1. The minimum Gasteiger partial charge on any atom is -0.385 e. The van der Waals surface area contributed by atoms with E-state index in [9.17, 15) is 4.79 Å². The first kappa shape index (κ1) is 13.5. The van der Waals surface area contributed by atoms with Crippen molar-refractivity contribution in [3.8, 4) is 0 Å². The highest BCUT2D eigenvalue weighted by Gasteiger charge is 2.24. The fraction of sp³-hybridized carbons (Fsp3) is 0.429. The molecule has 1 aliphatic heterocycles. The zero-order chi connectivity index (χ0) is 14.8. The molecule has 7 heteroatoms. The standard InChI is InChI=1S/C14H18N6O/c1-3-15-12-6-10(2)16-7-11(12)14(21)19-4-5-20-9-17-18-13(20)8-19/h6-7,9H,3-5,8H2,1-2H3,(H,15,16). The number of pyridine rings is 1. The molecule has 2 aromatic rings. The van der Waals surface area contributed by atoms with Crippen LogP contribution in [0.1, 0.15) is 28.8 Å². The van der Waals surface area contributed by atoms with Crippen LogP contribution in [-0.4, -0.2) is 43.6 Å². The number of nitrogens with one attached hydrogen (secondary N) is 1. The summed E-state index contributed by atoms with van der Waals surface area (Å²) in [6, 6.07) is 1.91. The molecule has 0 unspecified atom stereocenters. The summed E-state index contributed by atoms with van der Waals surface area (Å²) in [5.74, 6) is 0.798. The number of aryl methyl sites for hydroxylation is 1. The van der Waals surface area contributed by atoms with Crippen LogP contribution in [0.2, 0.25) is 0 Å². The lowest BCUT2D eigenvalue weighted by Crippen LogP contribution is -2.38. The van der Waals surface area contributed by atoms with Crippen LogP contribution in [0.5, 0.6) is 0 Å². The molecule has 0 radical (unpaired) electrons.